The highest BCUT2D eigenvalue weighted by molar-refractivity contribution is 7.13. The lowest BCUT2D eigenvalue weighted by Crippen LogP contribution is -2.30. The summed E-state index contributed by atoms with van der Waals surface area (Å²) in [6.45, 7) is 2.06. The van der Waals surface area contributed by atoms with Gasteiger partial charge in [0, 0.05) is 17.6 Å². The number of hydrogen-bond donors (Lipinski definition) is 2. The molecular formula is C21H18N4O3S. The van der Waals surface area contributed by atoms with Crippen molar-refractivity contribution < 1.29 is 14.3 Å². The Hall–Kier alpha value is -3.70. The van der Waals surface area contributed by atoms with E-state index in [0.29, 0.717) is 22.9 Å². The third kappa shape index (κ3) is 5.64. The van der Waals surface area contributed by atoms with Crippen LogP contribution in [0.2, 0.25) is 0 Å². The van der Waals surface area contributed by atoms with Gasteiger partial charge in [0.05, 0.1) is 11.6 Å². The summed E-state index contributed by atoms with van der Waals surface area (Å²) in [7, 11) is 0. The van der Waals surface area contributed by atoms with Gasteiger partial charge >= 0.3 is 5.97 Å². The topological polar surface area (TPSA) is 104 Å². The quantitative estimate of drug-likeness (QED) is 0.578. The molecule has 1 amide bonds. The van der Waals surface area contributed by atoms with E-state index in [1.165, 1.54) is 24.3 Å². The molecule has 2 N–H and O–H groups in total. The molecule has 0 saturated carbocycles. The van der Waals surface area contributed by atoms with Crippen LogP contribution in [0.4, 0.5) is 10.8 Å². The first-order valence-corrected chi connectivity index (χ1v) is 9.68. The second-order valence-corrected chi connectivity index (χ2v) is 6.96. The van der Waals surface area contributed by atoms with E-state index in [9.17, 15) is 9.59 Å². The maximum absolute atomic E-state index is 12.3. The number of thiazole rings is 1. The summed E-state index contributed by atoms with van der Waals surface area (Å²) < 4.78 is 5.20. The van der Waals surface area contributed by atoms with Crippen LogP contribution < -0.4 is 10.6 Å². The van der Waals surface area contributed by atoms with Gasteiger partial charge in [0.15, 0.2) is 16.9 Å². The summed E-state index contributed by atoms with van der Waals surface area (Å²) in [4.78, 5) is 28.7. The van der Waals surface area contributed by atoms with Crippen molar-refractivity contribution in [1.82, 2.24) is 4.98 Å². The van der Waals surface area contributed by atoms with E-state index in [2.05, 4.69) is 15.6 Å². The number of ether oxygens (including phenoxy) is 1. The first-order valence-electron chi connectivity index (χ1n) is 8.80. The Morgan fingerprint density at radius 1 is 1.21 bits per heavy atom. The Balaban J connectivity index is 1.53. The minimum absolute atomic E-state index is 0.136. The Labute approximate surface area is 172 Å². The minimum atomic E-state index is -1.02. The molecule has 0 aliphatic carbocycles. The van der Waals surface area contributed by atoms with Gasteiger partial charge in [0.25, 0.3) is 5.91 Å². The summed E-state index contributed by atoms with van der Waals surface area (Å²) in [6, 6.07) is 18.3. The lowest BCUT2D eigenvalue weighted by Gasteiger charge is -2.12. The van der Waals surface area contributed by atoms with Crippen LogP contribution in [0.25, 0.3) is 0 Å². The van der Waals surface area contributed by atoms with Crippen molar-refractivity contribution >= 4 is 34.0 Å². The molecule has 0 bridgehead atoms. The number of aromatic nitrogens is 1. The number of nitrogens with one attached hydrogen (secondary N) is 2. The lowest BCUT2D eigenvalue weighted by atomic mass is 10.2. The molecule has 29 heavy (non-hydrogen) atoms. The highest BCUT2D eigenvalue weighted by Crippen LogP contribution is 2.18. The van der Waals surface area contributed by atoms with E-state index in [-0.39, 0.29) is 5.69 Å². The van der Waals surface area contributed by atoms with Gasteiger partial charge in [-0.25, -0.2) is 9.78 Å². The maximum Gasteiger partial charge on any atom is 0.358 e. The van der Waals surface area contributed by atoms with E-state index in [0.717, 1.165) is 5.56 Å². The third-order valence-corrected chi connectivity index (χ3v) is 4.71. The highest BCUT2D eigenvalue weighted by Gasteiger charge is 2.21. The third-order valence-electron chi connectivity index (χ3n) is 3.91. The average molecular weight is 406 g/mol. The fourth-order valence-corrected chi connectivity index (χ4v) is 3.09. The number of nitrogens with zero attached hydrogens (tertiary/aromatic N) is 2. The Morgan fingerprint density at radius 2 is 2.00 bits per heavy atom. The molecule has 1 heterocycles. The van der Waals surface area contributed by atoms with Crippen molar-refractivity contribution in [3.63, 3.8) is 0 Å². The van der Waals surface area contributed by atoms with Crippen LogP contribution in [0.3, 0.4) is 0 Å². The number of hydrogen-bond acceptors (Lipinski definition) is 7. The van der Waals surface area contributed by atoms with Crippen molar-refractivity contribution in [1.29, 1.82) is 5.26 Å². The molecule has 0 fully saturated rings. The smallest absolute Gasteiger partial charge is 0.358 e. The average Bonchev–Trinajstić information content (AvgIpc) is 3.22. The Bertz CT molecular complexity index is 1040. The summed E-state index contributed by atoms with van der Waals surface area (Å²) in [5.74, 6) is -1.17. The van der Waals surface area contributed by atoms with Crippen LogP contribution in [0.15, 0.2) is 60.0 Å². The maximum atomic E-state index is 12.3. The predicted octanol–water partition coefficient (Wildman–Crippen LogP) is 3.81. The minimum Gasteiger partial charge on any atom is -0.448 e. The molecule has 0 aliphatic rings. The van der Waals surface area contributed by atoms with Crippen LogP contribution in [0.5, 0.6) is 0 Å². The highest BCUT2D eigenvalue weighted by atomic mass is 32.1. The fourth-order valence-electron chi connectivity index (χ4n) is 2.41. The molecule has 3 aromatic rings. The molecule has 1 aromatic heterocycles. The van der Waals surface area contributed by atoms with Gasteiger partial charge in [0.2, 0.25) is 0 Å². The molecule has 3 rings (SSSR count). The molecule has 1 atom stereocenters. The van der Waals surface area contributed by atoms with Crippen LogP contribution in [0, 0.1) is 11.3 Å². The molecule has 7 nitrogen and oxygen atoms in total. The number of carbonyl (C=O) groups excluding carboxylic acids is 2. The first-order chi connectivity index (χ1) is 14.0. The number of anilines is 2. The number of nitriles is 1. The molecule has 0 saturated heterocycles. The Morgan fingerprint density at radius 3 is 2.76 bits per heavy atom. The molecule has 0 unspecified atom stereocenters. The second kappa shape index (κ2) is 9.48. The number of esters is 1. The molecule has 0 radical (unpaired) electrons. The lowest BCUT2D eigenvalue weighted by molar-refractivity contribution is -0.123. The Kier molecular flexibility index (Phi) is 6.55. The van der Waals surface area contributed by atoms with E-state index in [1.54, 1.807) is 23.6 Å². The molecule has 0 spiro atoms. The molecule has 0 aliphatic heterocycles. The van der Waals surface area contributed by atoms with Crippen LogP contribution >= 0.6 is 11.3 Å². The van der Waals surface area contributed by atoms with Crippen molar-refractivity contribution in [2.75, 3.05) is 10.6 Å². The first kappa shape index (κ1) is 20.0. The zero-order valence-electron chi connectivity index (χ0n) is 15.6. The van der Waals surface area contributed by atoms with Crippen LogP contribution in [-0.2, 0) is 16.1 Å². The molecule has 8 heteroatoms. The number of rotatable bonds is 7. The van der Waals surface area contributed by atoms with Crippen molar-refractivity contribution in [3.05, 3.63) is 76.8 Å². The van der Waals surface area contributed by atoms with Crippen LogP contribution in [-0.4, -0.2) is 23.0 Å². The largest absolute Gasteiger partial charge is 0.448 e. The SMILES string of the molecule is C[C@@H](OC(=O)c1csc(NCc2ccccc2)n1)C(=O)Nc1cccc(C#N)c1. The molecule has 146 valence electrons. The fraction of sp³-hybridized carbons (Fsp3) is 0.143. The van der Waals surface area contributed by atoms with Crippen molar-refractivity contribution in [2.24, 2.45) is 0 Å². The summed E-state index contributed by atoms with van der Waals surface area (Å²) in [5.41, 5.74) is 2.11. The van der Waals surface area contributed by atoms with Crippen LogP contribution in [0.1, 0.15) is 28.5 Å². The summed E-state index contributed by atoms with van der Waals surface area (Å²) in [5, 5.41) is 16.9. The van der Waals surface area contributed by atoms with E-state index in [4.69, 9.17) is 10.00 Å². The van der Waals surface area contributed by atoms with E-state index >= 15 is 0 Å². The summed E-state index contributed by atoms with van der Waals surface area (Å²) >= 11 is 1.29. The monoisotopic (exact) mass is 406 g/mol. The van der Waals surface area contributed by atoms with Gasteiger partial charge in [-0.05, 0) is 30.7 Å². The normalized spacial score (nSPS) is 11.2. The molecular weight excluding hydrogens is 388 g/mol. The van der Waals surface area contributed by atoms with Gasteiger partial charge in [-0.1, -0.05) is 36.4 Å². The second-order valence-electron chi connectivity index (χ2n) is 6.11. The van der Waals surface area contributed by atoms with E-state index in [1.807, 2.05) is 36.4 Å². The van der Waals surface area contributed by atoms with Gasteiger partial charge in [-0.3, -0.25) is 4.79 Å². The number of benzene rings is 2. The van der Waals surface area contributed by atoms with Gasteiger partial charge in [-0.15, -0.1) is 11.3 Å². The number of amides is 1. The zero-order chi connectivity index (χ0) is 20.6. The zero-order valence-corrected chi connectivity index (χ0v) is 16.4. The van der Waals surface area contributed by atoms with Gasteiger partial charge in [0.1, 0.15) is 0 Å². The predicted molar refractivity (Wildman–Crippen MR) is 111 cm³/mol. The standard InChI is InChI=1S/C21H18N4O3S/c1-14(19(26)24-17-9-5-8-16(10-17)11-22)28-20(27)18-13-29-21(25-18)23-12-15-6-3-2-4-7-15/h2-10,13-14H,12H2,1H3,(H,23,25)(H,24,26)/t14-/m1/s1. The number of carbonyl (C=O) groups is 2. The molecule has 2 aromatic carbocycles. The van der Waals surface area contributed by atoms with Gasteiger partial charge < -0.3 is 15.4 Å². The van der Waals surface area contributed by atoms with Crippen molar-refractivity contribution in [2.45, 2.75) is 19.6 Å². The summed E-state index contributed by atoms with van der Waals surface area (Å²) in [6.07, 6.45) is -1.02. The van der Waals surface area contributed by atoms with Gasteiger partial charge in [-0.2, -0.15) is 5.26 Å². The van der Waals surface area contributed by atoms with E-state index < -0.39 is 18.0 Å². The van der Waals surface area contributed by atoms with Crippen molar-refractivity contribution in [3.8, 4) is 6.07 Å².